The third-order valence-electron chi connectivity index (χ3n) is 2.14. The van der Waals surface area contributed by atoms with E-state index in [-0.39, 0.29) is 0 Å². The average molecular weight is 177 g/mol. The predicted octanol–water partition coefficient (Wildman–Crippen LogP) is 2.96. The smallest absolute Gasteiger partial charge is 0.0592 e. The van der Waals surface area contributed by atoms with Crippen LogP contribution in [0.3, 0.4) is 0 Å². The topological polar surface area (TPSA) is 9.23 Å². The summed E-state index contributed by atoms with van der Waals surface area (Å²) < 4.78 is 5.71. The number of hydrogen-bond acceptors (Lipinski definition) is 1. The van der Waals surface area contributed by atoms with Crippen molar-refractivity contribution in [2.45, 2.75) is 57.1 Å². The first-order chi connectivity index (χ1) is 5.22. The lowest BCUT2D eigenvalue weighted by Crippen LogP contribution is -2.31. The van der Waals surface area contributed by atoms with Gasteiger partial charge in [0, 0.05) is 5.38 Å². The van der Waals surface area contributed by atoms with E-state index in [1.165, 1.54) is 6.42 Å². The molecule has 2 heteroatoms. The van der Waals surface area contributed by atoms with Crippen molar-refractivity contribution in [3.63, 3.8) is 0 Å². The molecule has 0 radical (unpaired) electrons. The van der Waals surface area contributed by atoms with Gasteiger partial charge >= 0.3 is 0 Å². The van der Waals surface area contributed by atoms with Crippen LogP contribution in [0.2, 0.25) is 0 Å². The maximum absolute atomic E-state index is 6.06. The molecule has 0 aromatic heterocycles. The fraction of sp³-hybridized carbons (Fsp3) is 1.00. The number of ether oxygens (including phenoxy) is 1. The van der Waals surface area contributed by atoms with Gasteiger partial charge in [-0.3, -0.25) is 0 Å². The molecule has 1 aliphatic heterocycles. The van der Waals surface area contributed by atoms with Crippen molar-refractivity contribution in [3.8, 4) is 0 Å². The largest absolute Gasteiger partial charge is 0.375 e. The van der Waals surface area contributed by atoms with Gasteiger partial charge in [0.05, 0.1) is 12.2 Å². The summed E-state index contributed by atoms with van der Waals surface area (Å²) in [6.07, 6.45) is 5.20. The number of halogens is 1. The van der Waals surface area contributed by atoms with Crippen LogP contribution in [0.15, 0.2) is 0 Å². The zero-order valence-electron chi connectivity index (χ0n) is 7.35. The van der Waals surface area contributed by atoms with Crippen molar-refractivity contribution < 1.29 is 4.74 Å². The van der Waals surface area contributed by atoms with Crippen molar-refractivity contribution in [2.75, 3.05) is 0 Å². The van der Waals surface area contributed by atoms with Crippen molar-refractivity contribution in [3.05, 3.63) is 0 Å². The summed E-state index contributed by atoms with van der Waals surface area (Å²) in [6, 6.07) is 0. The number of hydrogen-bond donors (Lipinski definition) is 0. The van der Waals surface area contributed by atoms with E-state index in [1.54, 1.807) is 0 Å². The van der Waals surface area contributed by atoms with Gasteiger partial charge in [-0.1, -0.05) is 13.3 Å². The zero-order chi connectivity index (χ0) is 8.27. The molecule has 0 aliphatic carbocycles. The molecule has 0 aromatic rings. The second kappa shape index (κ2) is 4.32. The van der Waals surface area contributed by atoms with E-state index >= 15 is 0 Å². The average Bonchev–Trinajstić information content (AvgIpc) is 1.85. The summed E-state index contributed by atoms with van der Waals surface area (Å²) in [5.41, 5.74) is 0. The van der Waals surface area contributed by atoms with E-state index in [4.69, 9.17) is 16.3 Å². The summed E-state index contributed by atoms with van der Waals surface area (Å²) in [7, 11) is 0. The Morgan fingerprint density at radius 3 is 2.73 bits per heavy atom. The monoisotopic (exact) mass is 176 g/mol. The molecule has 1 nitrogen and oxygen atoms in total. The molecular formula is C9H17ClO. The minimum absolute atomic E-state index is 0.343. The third-order valence-corrected chi connectivity index (χ3v) is 2.50. The Morgan fingerprint density at radius 1 is 1.45 bits per heavy atom. The van der Waals surface area contributed by atoms with E-state index in [0.29, 0.717) is 17.6 Å². The minimum Gasteiger partial charge on any atom is -0.375 e. The normalized spacial score (nSPS) is 39.0. The van der Waals surface area contributed by atoms with Gasteiger partial charge in [-0.2, -0.15) is 0 Å². The Bertz CT molecular complexity index is 106. The van der Waals surface area contributed by atoms with Gasteiger partial charge in [-0.05, 0) is 26.2 Å². The van der Waals surface area contributed by atoms with Crippen LogP contribution in [0, 0.1) is 0 Å². The quantitative estimate of drug-likeness (QED) is 0.588. The van der Waals surface area contributed by atoms with Crippen molar-refractivity contribution in [2.24, 2.45) is 0 Å². The molecular weight excluding hydrogens is 160 g/mol. The molecule has 1 fully saturated rings. The molecule has 1 aliphatic rings. The molecule has 0 bridgehead atoms. The van der Waals surface area contributed by atoms with Crippen LogP contribution in [0.25, 0.3) is 0 Å². The van der Waals surface area contributed by atoms with Crippen molar-refractivity contribution >= 4 is 11.6 Å². The molecule has 0 saturated carbocycles. The van der Waals surface area contributed by atoms with Crippen LogP contribution in [0.1, 0.15) is 39.5 Å². The zero-order valence-corrected chi connectivity index (χ0v) is 8.10. The highest BCUT2D eigenvalue weighted by atomic mass is 35.5. The van der Waals surface area contributed by atoms with Crippen LogP contribution < -0.4 is 0 Å². The Labute approximate surface area is 74.1 Å². The highest BCUT2D eigenvalue weighted by molar-refractivity contribution is 6.20. The summed E-state index contributed by atoms with van der Waals surface area (Å²) >= 11 is 6.06. The van der Waals surface area contributed by atoms with E-state index in [2.05, 4.69) is 13.8 Å². The van der Waals surface area contributed by atoms with Crippen molar-refractivity contribution in [1.82, 2.24) is 0 Å². The Hall–Kier alpha value is 0.250. The Kier molecular flexibility index (Phi) is 3.67. The molecule has 3 unspecified atom stereocenters. The summed E-state index contributed by atoms with van der Waals surface area (Å²) in [5, 5.41) is 0.343. The van der Waals surface area contributed by atoms with E-state index < -0.39 is 0 Å². The van der Waals surface area contributed by atoms with Crippen LogP contribution in [-0.4, -0.2) is 17.6 Å². The molecule has 11 heavy (non-hydrogen) atoms. The second-order valence-corrected chi connectivity index (χ2v) is 4.04. The predicted molar refractivity (Wildman–Crippen MR) is 48.1 cm³/mol. The lowest BCUT2D eigenvalue weighted by molar-refractivity contribution is -0.0415. The van der Waals surface area contributed by atoms with E-state index in [1.807, 2.05) is 0 Å². The van der Waals surface area contributed by atoms with E-state index in [0.717, 1.165) is 19.3 Å². The lowest BCUT2D eigenvalue weighted by atomic mass is 10.0. The maximum atomic E-state index is 6.06. The highest BCUT2D eigenvalue weighted by Gasteiger charge is 2.24. The molecule has 1 heterocycles. The molecule has 66 valence electrons. The van der Waals surface area contributed by atoms with Gasteiger partial charge in [0.25, 0.3) is 0 Å². The van der Waals surface area contributed by atoms with Gasteiger partial charge in [0.2, 0.25) is 0 Å². The Morgan fingerprint density at radius 2 is 2.18 bits per heavy atom. The Balaban J connectivity index is 2.30. The standard InChI is InChI=1S/C9H17ClO/c1-3-4-9-6-8(10)5-7(2)11-9/h7-9H,3-6H2,1-2H3. The molecule has 0 amide bonds. The molecule has 1 rings (SSSR count). The summed E-state index contributed by atoms with van der Waals surface area (Å²) in [4.78, 5) is 0. The molecule has 0 N–H and O–H groups in total. The summed E-state index contributed by atoms with van der Waals surface area (Å²) in [6.45, 7) is 4.29. The van der Waals surface area contributed by atoms with Crippen LogP contribution in [0.5, 0.6) is 0 Å². The van der Waals surface area contributed by atoms with Gasteiger partial charge < -0.3 is 4.74 Å². The van der Waals surface area contributed by atoms with Crippen LogP contribution in [0.4, 0.5) is 0 Å². The molecule has 3 atom stereocenters. The van der Waals surface area contributed by atoms with Gasteiger partial charge in [-0.15, -0.1) is 11.6 Å². The fourth-order valence-corrected chi connectivity index (χ4v) is 2.14. The van der Waals surface area contributed by atoms with Gasteiger partial charge in [0.1, 0.15) is 0 Å². The highest BCUT2D eigenvalue weighted by Crippen LogP contribution is 2.25. The lowest BCUT2D eigenvalue weighted by Gasteiger charge is -2.30. The first kappa shape index (κ1) is 9.34. The minimum atomic E-state index is 0.343. The SMILES string of the molecule is CCCC1CC(Cl)CC(C)O1. The maximum Gasteiger partial charge on any atom is 0.0592 e. The van der Waals surface area contributed by atoms with Crippen LogP contribution in [-0.2, 0) is 4.74 Å². The van der Waals surface area contributed by atoms with Crippen molar-refractivity contribution in [1.29, 1.82) is 0 Å². The first-order valence-corrected chi connectivity index (χ1v) is 4.95. The molecule has 0 aromatic carbocycles. The second-order valence-electron chi connectivity index (χ2n) is 3.43. The molecule has 0 spiro atoms. The summed E-state index contributed by atoms with van der Waals surface area (Å²) in [5.74, 6) is 0. The first-order valence-electron chi connectivity index (χ1n) is 4.52. The molecule has 1 saturated heterocycles. The van der Waals surface area contributed by atoms with E-state index in [9.17, 15) is 0 Å². The number of rotatable bonds is 2. The third kappa shape index (κ3) is 3.00. The fourth-order valence-electron chi connectivity index (χ4n) is 1.69. The van der Waals surface area contributed by atoms with Crippen LogP contribution >= 0.6 is 11.6 Å². The van der Waals surface area contributed by atoms with Gasteiger partial charge in [-0.25, -0.2) is 0 Å². The van der Waals surface area contributed by atoms with Gasteiger partial charge in [0.15, 0.2) is 0 Å². The number of alkyl halides is 1.